The predicted octanol–water partition coefficient (Wildman–Crippen LogP) is 2.48. The van der Waals surface area contributed by atoms with E-state index in [1.54, 1.807) is 19.2 Å². The van der Waals surface area contributed by atoms with Gasteiger partial charge < -0.3 is 9.15 Å². The average molecular weight is 309 g/mol. The molecule has 0 N–H and O–H groups in total. The highest BCUT2D eigenvalue weighted by Gasteiger charge is 2.31. The molecule has 6 heteroatoms. The van der Waals surface area contributed by atoms with Gasteiger partial charge in [-0.15, -0.1) is 0 Å². The van der Waals surface area contributed by atoms with Gasteiger partial charge in [-0.2, -0.15) is 4.31 Å². The lowest BCUT2D eigenvalue weighted by molar-refractivity contribution is 0.121. The van der Waals surface area contributed by atoms with Crippen LogP contribution in [0.4, 0.5) is 0 Å². The second-order valence-electron chi connectivity index (χ2n) is 5.41. The molecule has 21 heavy (non-hydrogen) atoms. The van der Waals surface area contributed by atoms with Crippen LogP contribution in [-0.4, -0.2) is 39.5 Å². The van der Waals surface area contributed by atoms with Crippen LogP contribution in [0.3, 0.4) is 0 Å². The number of fused-ring (bicyclic) bond motifs is 1. The van der Waals surface area contributed by atoms with Crippen LogP contribution in [0.1, 0.15) is 12.8 Å². The molecule has 5 nitrogen and oxygen atoms in total. The van der Waals surface area contributed by atoms with E-state index in [2.05, 4.69) is 0 Å². The molecule has 114 valence electrons. The number of furan rings is 1. The van der Waals surface area contributed by atoms with Crippen molar-refractivity contribution in [3.8, 4) is 0 Å². The first-order chi connectivity index (χ1) is 10.1. The highest BCUT2D eigenvalue weighted by Crippen LogP contribution is 2.28. The molecule has 1 aromatic heterocycles. The molecule has 1 fully saturated rings. The molecule has 0 amide bonds. The molecule has 1 saturated heterocycles. The fraction of sp³-hybridized carbons (Fsp3) is 0.467. The second kappa shape index (κ2) is 5.79. The third-order valence-corrected chi connectivity index (χ3v) is 5.73. The minimum atomic E-state index is -3.54. The first kappa shape index (κ1) is 14.6. The summed E-state index contributed by atoms with van der Waals surface area (Å²) in [5, 5.41) is 0.847. The Morgan fingerprint density at radius 1 is 1.29 bits per heavy atom. The lowest BCUT2D eigenvalue weighted by atomic mass is 9.99. The van der Waals surface area contributed by atoms with Crippen molar-refractivity contribution >= 4 is 21.0 Å². The molecule has 0 bridgehead atoms. The smallest absolute Gasteiger partial charge is 0.276 e. The van der Waals surface area contributed by atoms with Gasteiger partial charge in [0, 0.05) is 38.3 Å². The zero-order chi connectivity index (χ0) is 14.9. The van der Waals surface area contributed by atoms with E-state index in [9.17, 15) is 8.42 Å². The number of methoxy groups -OCH3 is 1. The number of ether oxygens (including phenoxy) is 1. The van der Waals surface area contributed by atoms with E-state index in [0.717, 1.165) is 18.2 Å². The molecule has 0 aliphatic carbocycles. The number of para-hydroxylation sites is 1. The lowest BCUT2D eigenvalue weighted by Crippen LogP contribution is -2.39. The van der Waals surface area contributed by atoms with E-state index in [1.165, 1.54) is 4.31 Å². The van der Waals surface area contributed by atoms with Crippen molar-refractivity contribution in [2.45, 2.75) is 17.9 Å². The molecule has 0 saturated carbocycles. The van der Waals surface area contributed by atoms with E-state index < -0.39 is 10.0 Å². The second-order valence-corrected chi connectivity index (χ2v) is 7.27. The maximum Gasteiger partial charge on any atom is 0.276 e. The molecule has 0 radical (unpaired) electrons. The maximum atomic E-state index is 12.6. The van der Waals surface area contributed by atoms with Gasteiger partial charge >= 0.3 is 0 Å². The average Bonchev–Trinajstić information content (AvgIpc) is 2.93. The van der Waals surface area contributed by atoms with E-state index in [4.69, 9.17) is 9.15 Å². The first-order valence-corrected chi connectivity index (χ1v) is 8.53. The van der Waals surface area contributed by atoms with Crippen molar-refractivity contribution in [2.75, 3.05) is 26.8 Å². The van der Waals surface area contributed by atoms with Gasteiger partial charge in [0.1, 0.15) is 5.58 Å². The van der Waals surface area contributed by atoms with Crippen molar-refractivity contribution in [3.63, 3.8) is 0 Å². The molecule has 1 aromatic carbocycles. The van der Waals surface area contributed by atoms with Gasteiger partial charge in [-0.05, 0) is 24.8 Å². The zero-order valence-corrected chi connectivity index (χ0v) is 12.8. The van der Waals surface area contributed by atoms with Crippen molar-refractivity contribution in [3.05, 3.63) is 30.3 Å². The minimum Gasteiger partial charge on any atom is -0.443 e. The number of hydrogen-bond donors (Lipinski definition) is 0. The molecule has 2 aromatic rings. The Kier molecular flexibility index (Phi) is 4.01. The summed E-state index contributed by atoms with van der Waals surface area (Å²) < 4.78 is 37.4. The van der Waals surface area contributed by atoms with Crippen LogP contribution in [-0.2, 0) is 14.8 Å². The van der Waals surface area contributed by atoms with Crippen molar-refractivity contribution in [2.24, 2.45) is 5.92 Å². The highest BCUT2D eigenvalue weighted by atomic mass is 32.2. The van der Waals surface area contributed by atoms with Crippen LogP contribution >= 0.6 is 0 Å². The Balaban J connectivity index is 1.81. The normalized spacial score (nSPS) is 18.3. The quantitative estimate of drug-likeness (QED) is 0.870. The van der Waals surface area contributed by atoms with Gasteiger partial charge in [-0.3, -0.25) is 0 Å². The zero-order valence-electron chi connectivity index (χ0n) is 12.0. The SMILES string of the molecule is COCC1CCN(S(=O)(=O)c2cc3ccccc3o2)CC1. The predicted molar refractivity (Wildman–Crippen MR) is 79.6 cm³/mol. The fourth-order valence-electron chi connectivity index (χ4n) is 2.76. The van der Waals surface area contributed by atoms with E-state index in [-0.39, 0.29) is 5.09 Å². The third-order valence-electron chi connectivity index (χ3n) is 3.97. The number of sulfonamides is 1. The summed E-state index contributed by atoms with van der Waals surface area (Å²) in [4.78, 5) is 0. The van der Waals surface area contributed by atoms with Gasteiger partial charge in [-0.25, -0.2) is 8.42 Å². The summed E-state index contributed by atoms with van der Waals surface area (Å²) in [6, 6.07) is 8.93. The Hall–Kier alpha value is -1.37. The van der Waals surface area contributed by atoms with Crippen molar-refractivity contribution in [1.82, 2.24) is 4.31 Å². The standard InChI is InChI=1S/C15H19NO4S/c1-19-11-12-6-8-16(9-7-12)21(17,18)15-10-13-4-2-3-5-14(13)20-15/h2-5,10,12H,6-9,11H2,1H3. The summed E-state index contributed by atoms with van der Waals surface area (Å²) in [6.07, 6.45) is 1.65. The Bertz CT molecular complexity index is 681. The Morgan fingerprint density at radius 2 is 2.00 bits per heavy atom. The molecule has 1 aliphatic rings. The molecule has 0 unspecified atom stereocenters. The largest absolute Gasteiger partial charge is 0.443 e. The van der Waals surface area contributed by atoms with Crippen molar-refractivity contribution < 1.29 is 17.6 Å². The Morgan fingerprint density at radius 3 is 2.67 bits per heavy atom. The number of benzene rings is 1. The van der Waals surface area contributed by atoms with E-state index >= 15 is 0 Å². The maximum absolute atomic E-state index is 12.6. The molecule has 0 atom stereocenters. The van der Waals surface area contributed by atoms with Crippen molar-refractivity contribution in [1.29, 1.82) is 0 Å². The summed E-state index contributed by atoms with van der Waals surface area (Å²) in [6.45, 7) is 1.74. The number of piperidine rings is 1. The number of rotatable bonds is 4. The van der Waals surface area contributed by atoms with Gasteiger partial charge in [-0.1, -0.05) is 18.2 Å². The molecule has 0 spiro atoms. The number of nitrogens with zero attached hydrogens (tertiary/aromatic N) is 1. The third kappa shape index (κ3) is 2.84. The molecule has 1 aliphatic heterocycles. The molecule has 2 heterocycles. The summed E-state index contributed by atoms with van der Waals surface area (Å²) in [5.74, 6) is 0.442. The van der Waals surface area contributed by atoms with Crippen LogP contribution in [0.5, 0.6) is 0 Å². The summed E-state index contributed by atoms with van der Waals surface area (Å²) >= 11 is 0. The fourth-order valence-corrected chi connectivity index (χ4v) is 4.18. The van der Waals surface area contributed by atoms with E-state index in [0.29, 0.717) is 31.2 Å². The van der Waals surface area contributed by atoms with Crippen LogP contribution in [0.25, 0.3) is 11.0 Å². The van der Waals surface area contributed by atoms with Crippen LogP contribution in [0.2, 0.25) is 0 Å². The molecular weight excluding hydrogens is 290 g/mol. The molecule has 3 rings (SSSR count). The summed E-state index contributed by atoms with van der Waals surface area (Å²) in [7, 11) is -1.86. The minimum absolute atomic E-state index is 0.0360. The number of hydrogen-bond acceptors (Lipinski definition) is 4. The van der Waals surface area contributed by atoms with Crippen LogP contribution in [0, 0.1) is 5.92 Å². The lowest BCUT2D eigenvalue weighted by Gasteiger charge is -2.29. The first-order valence-electron chi connectivity index (χ1n) is 7.09. The summed E-state index contributed by atoms with van der Waals surface area (Å²) in [5.41, 5.74) is 0.602. The monoisotopic (exact) mass is 309 g/mol. The van der Waals surface area contributed by atoms with E-state index in [1.807, 2.05) is 18.2 Å². The van der Waals surface area contributed by atoms with Crippen LogP contribution < -0.4 is 0 Å². The van der Waals surface area contributed by atoms with Gasteiger partial charge in [0.25, 0.3) is 10.0 Å². The highest BCUT2D eigenvalue weighted by molar-refractivity contribution is 7.89. The van der Waals surface area contributed by atoms with Gasteiger partial charge in [0.2, 0.25) is 5.09 Å². The van der Waals surface area contributed by atoms with Gasteiger partial charge in [0.15, 0.2) is 0 Å². The van der Waals surface area contributed by atoms with Crippen LogP contribution in [0.15, 0.2) is 39.8 Å². The molecular formula is C15H19NO4S. The van der Waals surface area contributed by atoms with Gasteiger partial charge in [0.05, 0.1) is 0 Å². The topological polar surface area (TPSA) is 59.8 Å². The Labute approximate surface area is 124 Å².